The second kappa shape index (κ2) is 4.37. The minimum absolute atomic E-state index is 0.529. The SMILES string of the molecule is CC(CN)Cc1cc2cc(Br)ccc2[nH]1. The number of nitrogens with one attached hydrogen (secondary N) is 1. The molecule has 0 aliphatic heterocycles. The highest BCUT2D eigenvalue weighted by atomic mass is 79.9. The van der Waals surface area contributed by atoms with Crippen molar-refractivity contribution in [3.8, 4) is 0 Å². The van der Waals surface area contributed by atoms with E-state index in [0.29, 0.717) is 5.92 Å². The molecule has 80 valence electrons. The summed E-state index contributed by atoms with van der Waals surface area (Å²) in [6.07, 6.45) is 1.02. The van der Waals surface area contributed by atoms with E-state index in [0.717, 1.165) is 17.4 Å². The van der Waals surface area contributed by atoms with E-state index in [1.165, 1.54) is 16.6 Å². The third kappa shape index (κ3) is 2.41. The van der Waals surface area contributed by atoms with Crippen LogP contribution in [0.3, 0.4) is 0 Å². The fourth-order valence-electron chi connectivity index (χ4n) is 1.73. The van der Waals surface area contributed by atoms with Crippen molar-refractivity contribution in [1.29, 1.82) is 0 Å². The van der Waals surface area contributed by atoms with Gasteiger partial charge in [-0.25, -0.2) is 0 Å². The Morgan fingerprint density at radius 1 is 1.40 bits per heavy atom. The van der Waals surface area contributed by atoms with Gasteiger partial charge < -0.3 is 10.7 Å². The summed E-state index contributed by atoms with van der Waals surface area (Å²) in [6, 6.07) is 8.47. The molecule has 0 saturated carbocycles. The van der Waals surface area contributed by atoms with Gasteiger partial charge in [0.2, 0.25) is 0 Å². The van der Waals surface area contributed by atoms with Gasteiger partial charge in [0.15, 0.2) is 0 Å². The Labute approximate surface area is 98.0 Å². The number of hydrogen-bond acceptors (Lipinski definition) is 1. The number of H-pyrrole nitrogens is 1. The first kappa shape index (κ1) is 10.7. The Morgan fingerprint density at radius 3 is 2.93 bits per heavy atom. The summed E-state index contributed by atoms with van der Waals surface area (Å²) in [4.78, 5) is 3.41. The molecule has 1 aromatic carbocycles. The Kier molecular flexibility index (Phi) is 3.12. The van der Waals surface area contributed by atoms with Gasteiger partial charge in [0.25, 0.3) is 0 Å². The lowest BCUT2D eigenvalue weighted by Crippen LogP contribution is -2.13. The monoisotopic (exact) mass is 266 g/mol. The number of hydrogen-bond donors (Lipinski definition) is 2. The Hall–Kier alpha value is -0.800. The molecule has 3 heteroatoms. The highest BCUT2D eigenvalue weighted by Crippen LogP contribution is 2.21. The molecule has 1 aromatic heterocycles. The summed E-state index contributed by atoms with van der Waals surface area (Å²) >= 11 is 3.47. The van der Waals surface area contributed by atoms with Gasteiger partial charge in [-0.3, -0.25) is 0 Å². The molecule has 1 atom stereocenters. The molecule has 2 rings (SSSR count). The van der Waals surface area contributed by atoms with Crippen molar-refractivity contribution >= 4 is 26.8 Å². The van der Waals surface area contributed by atoms with E-state index in [1.807, 2.05) is 0 Å². The molecule has 0 aliphatic rings. The molecule has 1 unspecified atom stereocenters. The minimum atomic E-state index is 0.529. The highest BCUT2D eigenvalue weighted by molar-refractivity contribution is 9.10. The van der Waals surface area contributed by atoms with E-state index in [-0.39, 0.29) is 0 Å². The zero-order valence-corrected chi connectivity index (χ0v) is 10.3. The number of aromatic nitrogens is 1. The number of fused-ring (bicyclic) bond motifs is 1. The molecule has 0 saturated heterocycles. The van der Waals surface area contributed by atoms with E-state index in [4.69, 9.17) is 5.73 Å². The average Bonchev–Trinajstić information content (AvgIpc) is 2.59. The van der Waals surface area contributed by atoms with Crippen molar-refractivity contribution < 1.29 is 0 Å². The number of rotatable bonds is 3. The average molecular weight is 267 g/mol. The first-order chi connectivity index (χ1) is 7.19. The van der Waals surface area contributed by atoms with E-state index in [1.54, 1.807) is 0 Å². The molecule has 15 heavy (non-hydrogen) atoms. The molecular weight excluding hydrogens is 252 g/mol. The quantitative estimate of drug-likeness (QED) is 0.881. The maximum absolute atomic E-state index is 5.62. The molecule has 0 spiro atoms. The fraction of sp³-hybridized carbons (Fsp3) is 0.333. The number of benzene rings is 1. The lowest BCUT2D eigenvalue weighted by Gasteiger charge is -2.04. The Balaban J connectivity index is 2.30. The second-order valence-electron chi connectivity index (χ2n) is 4.07. The Morgan fingerprint density at radius 2 is 2.20 bits per heavy atom. The standard InChI is InChI=1S/C12H15BrN2/c1-8(7-14)4-11-6-9-5-10(13)2-3-12(9)15-11/h2-3,5-6,8,15H,4,7,14H2,1H3. The molecular formula is C12H15BrN2. The fourth-order valence-corrected chi connectivity index (χ4v) is 2.11. The first-order valence-corrected chi connectivity index (χ1v) is 5.95. The molecule has 2 nitrogen and oxygen atoms in total. The number of aromatic amines is 1. The summed E-state index contributed by atoms with van der Waals surface area (Å²) in [6.45, 7) is 2.90. The van der Waals surface area contributed by atoms with Crippen LogP contribution in [0.1, 0.15) is 12.6 Å². The lowest BCUT2D eigenvalue weighted by molar-refractivity contribution is 0.586. The van der Waals surface area contributed by atoms with E-state index < -0.39 is 0 Å². The largest absolute Gasteiger partial charge is 0.358 e. The van der Waals surface area contributed by atoms with Crippen LogP contribution >= 0.6 is 15.9 Å². The van der Waals surface area contributed by atoms with Gasteiger partial charge in [-0.05, 0) is 43.1 Å². The molecule has 0 bridgehead atoms. The lowest BCUT2D eigenvalue weighted by atomic mass is 10.1. The van der Waals surface area contributed by atoms with Crippen LogP contribution in [-0.4, -0.2) is 11.5 Å². The molecule has 3 N–H and O–H groups in total. The maximum atomic E-state index is 5.62. The second-order valence-corrected chi connectivity index (χ2v) is 4.99. The van der Waals surface area contributed by atoms with Crippen LogP contribution in [0.2, 0.25) is 0 Å². The Bertz CT molecular complexity index is 462. The highest BCUT2D eigenvalue weighted by Gasteiger charge is 2.05. The topological polar surface area (TPSA) is 41.8 Å². The van der Waals surface area contributed by atoms with Crippen molar-refractivity contribution in [2.45, 2.75) is 13.3 Å². The van der Waals surface area contributed by atoms with Crippen molar-refractivity contribution in [3.63, 3.8) is 0 Å². The van der Waals surface area contributed by atoms with Gasteiger partial charge in [0, 0.05) is 21.1 Å². The van der Waals surface area contributed by atoms with Crippen LogP contribution in [-0.2, 0) is 6.42 Å². The number of nitrogens with two attached hydrogens (primary N) is 1. The number of halogens is 1. The van der Waals surface area contributed by atoms with Crippen molar-refractivity contribution in [3.05, 3.63) is 34.4 Å². The molecule has 0 aliphatic carbocycles. The first-order valence-electron chi connectivity index (χ1n) is 5.16. The van der Waals surface area contributed by atoms with Crippen molar-refractivity contribution in [2.75, 3.05) is 6.54 Å². The van der Waals surface area contributed by atoms with Gasteiger partial charge in [-0.2, -0.15) is 0 Å². The van der Waals surface area contributed by atoms with Gasteiger partial charge in [0.1, 0.15) is 0 Å². The van der Waals surface area contributed by atoms with Crippen LogP contribution in [0.15, 0.2) is 28.7 Å². The van der Waals surface area contributed by atoms with E-state index in [2.05, 4.69) is 52.1 Å². The van der Waals surface area contributed by atoms with Gasteiger partial charge in [0.05, 0.1) is 0 Å². The summed E-state index contributed by atoms with van der Waals surface area (Å²) in [7, 11) is 0. The summed E-state index contributed by atoms with van der Waals surface area (Å²) in [5.41, 5.74) is 8.07. The van der Waals surface area contributed by atoms with Crippen LogP contribution < -0.4 is 5.73 Å². The molecule has 2 aromatic rings. The third-order valence-corrected chi connectivity index (χ3v) is 3.10. The predicted molar refractivity (Wildman–Crippen MR) is 67.9 cm³/mol. The predicted octanol–water partition coefficient (Wildman–Crippen LogP) is 3.07. The molecule has 0 fully saturated rings. The normalized spacial score (nSPS) is 13.3. The zero-order chi connectivity index (χ0) is 10.8. The smallest absolute Gasteiger partial charge is 0.0456 e. The van der Waals surface area contributed by atoms with Crippen molar-refractivity contribution in [1.82, 2.24) is 4.98 Å². The summed E-state index contributed by atoms with van der Waals surface area (Å²) in [5.74, 6) is 0.529. The van der Waals surface area contributed by atoms with E-state index in [9.17, 15) is 0 Å². The van der Waals surface area contributed by atoms with Gasteiger partial charge >= 0.3 is 0 Å². The third-order valence-electron chi connectivity index (χ3n) is 2.61. The minimum Gasteiger partial charge on any atom is -0.358 e. The maximum Gasteiger partial charge on any atom is 0.0456 e. The molecule has 1 heterocycles. The summed E-state index contributed by atoms with van der Waals surface area (Å²) < 4.78 is 1.12. The summed E-state index contributed by atoms with van der Waals surface area (Å²) in [5, 5.41) is 1.25. The van der Waals surface area contributed by atoms with Gasteiger partial charge in [-0.15, -0.1) is 0 Å². The van der Waals surface area contributed by atoms with Crippen LogP contribution in [0.4, 0.5) is 0 Å². The van der Waals surface area contributed by atoms with E-state index >= 15 is 0 Å². The van der Waals surface area contributed by atoms with Gasteiger partial charge in [-0.1, -0.05) is 22.9 Å². The molecule has 0 amide bonds. The molecule has 0 radical (unpaired) electrons. The zero-order valence-electron chi connectivity index (χ0n) is 8.76. The van der Waals surface area contributed by atoms with Crippen molar-refractivity contribution in [2.24, 2.45) is 11.7 Å². The van der Waals surface area contributed by atoms with Crippen LogP contribution in [0, 0.1) is 5.92 Å². The van der Waals surface area contributed by atoms with Crippen LogP contribution in [0.5, 0.6) is 0 Å². The van der Waals surface area contributed by atoms with Crippen LogP contribution in [0.25, 0.3) is 10.9 Å².